The molecule has 110 valence electrons. The van der Waals surface area contributed by atoms with E-state index in [2.05, 4.69) is 5.48 Å². The van der Waals surface area contributed by atoms with Gasteiger partial charge >= 0.3 is 0 Å². The Morgan fingerprint density at radius 3 is 2.70 bits per heavy atom. The summed E-state index contributed by atoms with van der Waals surface area (Å²) in [5, 5.41) is 0. The van der Waals surface area contributed by atoms with Gasteiger partial charge in [-0.1, -0.05) is 6.92 Å². The summed E-state index contributed by atoms with van der Waals surface area (Å²) in [6.07, 6.45) is 0.737. The molecule has 0 bridgehead atoms. The highest BCUT2D eigenvalue weighted by Crippen LogP contribution is 2.33. The minimum Gasteiger partial charge on any atom is -0.305 e. The molecule has 1 aromatic carbocycles. The molecule has 20 heavy (non-hydrogen) atoms. The second-order valence-corrected chi connectivity index (χ2v) is 4.80. The lowest BCUT2D eigenvalue weighted by Crippen LogP contribution is -2.59. The van der Waals surface area contributed by atoms with Gasteiger partial charge in [-0.15, -0.1) is 0 Å². The Morgan fingerprint density at radius 1 is 1.40 bits per heavy atom. The topological polar surface area (TPSA) is 64.4 Å². The number of carbonyl (C=O) groups excluding carboxylic acids is 1. The minimum atomic E-state index is -1.64. The van der Waals surface area contributed by atoms with E-state index in [1.165, 1.54) is 0 Å². The van der Waals surface area contributed by atoms with Crippen LogP contribution in [0.5, 0.6) is 0 Å². The predicted molar refractivity (Wildman–Crippen MR) is 65.0 cm³/mol. The van der Waals surface area contributed by atoms with Gasteiger partial charge in [0, 0.05) is 18.1 Å². The van der Waals surface area contributed by atoms with Crippen LogP contribution in [0.25, 0.3) is 0 Å². The number of nitrogens with one attached hydrogen (secondary N) is 1. The first-order chi connectivity index (χ1) is 9.40. The van der Waals surface area contributed by atoms with E-state index in [0.717, 1.165) is 0 Å². The van der Waals surface area contributed by atoms with Crippen molar-refractivity contribution in [1.29, 1.82) is 0 Å². The van der Waals surface area contributed by atoms with Crippen LogP contribution >= 0.6 is 0 Å². The Morgan fingerprint density at radius 2 is 2.05 bits per heavy atom. The van der Waals surface area contributed by atoms with Gasteiger partial charge in [-0.3, -0.25) is 9.63 Å². The minimum absolute atomic E-state index is 0.103. The maximum Gasteiger partial charge on any atom is 0.170 e. The first-order valence-corrected chi connectivity index (χ1v) is 6.25. The van der Waals surface area contributed by atoms with Crippen LogP contribution in [0.2, 0.25) is 0 Å². The maximum atomic E-state index is 13.8. The number of hydroxylamine groups is 1. The molecule has 0 amide bonds. The highest BCUT2D eigenvalue weighted by molar-refractivity contribution is 5.89. The molecular formula is C13H15F3N2O2. The molecule has 0 radical (unpaired) electrons. The van der Waals surface area contributed by atoms with E-state index in [1.807, 2.05) is 0 Å². The first kappa shape index (κ1) is 15.0. The fourth-order valence-corrected chi connectivity index (χ4v) is 2.27. The van der Waals surface area contributed by atoms with Crippen molar-refractivity contribution in [2.75, 3.05) is 6.61 Å². The van der Waals surface area contributed by atoms with Crippen LogP contribution in [0.4, 0.5) is 13.2 Å². The fraction of sp³-hybridized carbons (Fsp3) is 0.462. The van der Waals surface area contributed by atoms with Gasteiger partial charge in [-0.25, -0.2) is 13.2 Å². The Labute approximate surface area is 114 Å². The van der Waals surface area contributed by atoms with Crippen molar-refractivity contribution in [1.82, 2.24) is 5.48 Å². The number of benzene rings is 1. The van der Waals surface area contributed by atoms with Crippen LogP contribution in [0.3, 0.4) is 0 Å². The summed E-state index contributed by atoms with van der Waals surface area (Å²) in [6, 6.07) is 1.15. The predicted octanol–water partition coefficient (Wildman–Crippen LogP) is 1.75. The van der Waals surface area contributed by atoms with Crippen LogP contribution in [-0.2, 0) is 9.63 Å². The van der Waals surface area contributed by atoms with Crippen molar-refractivity contribution < 1.29 is 22.8 Å². The van der Waals surface area contributed by atoms with Crippen LogP contribution < -0.4 is 11.2 Å². The zero-order chi connectivity index (χ0) is 14.9. The number of carbonyl (C=O) groups is 1. The van der Waals surface area contributed by atoms with Crippen molar-refractivity contribution in [2.45, 2.75) is 31.3 Å². The van der Waals surface area contributed by atoms with E-state index in [9.17, 15) is 18.0 Å². The second kappa shape index (κ2) is 5.51. The molecule has 3 N–H and O–H groups in total. The Kier molecular flexibility index (Phi) is 4.12. The molecule has 1 unspecified atom stereocenters. The molecule has 1 aromatic rings. The number of halogens is 3. The normalized spacial score (nSPS) is 25.9. The zero-order valence-corrected chi connectivity index (χ0v) is 10.9. The van der Waals surface area contributed by atoms with Crippen LogP contribution in [0.1, 0.15) is 31.2 Å². The molecule has 1 heterocycles. The average Bonchev–Trinajstić information content (AvgIpc) is 2.77. The SMILES string of the molecule is CCCC(=O)C1(N)NOC[C@@H]1c1cc(F)c(F)cc1F. The summed E-state index contributed by atoms with van der Waals surface area (Å²) in [6.45, 7) is 1.69. The number of hydrogen-bond donors (Lipinski definition) is 2. The smallest absolute Gasteiger partial charge is 0.170 e. The van der Waals surface area contributed by atoms with Gasteiger partial charge in [0.15, 0.2) is 23.1 Å². The monoisotopic (exact) mass is 288 g/mol. The summed E-state index contributed by atoms with van der Waals surface area (Å²) in [5.41, 5.74) is 6.51. The van der Waals surface area contributed by atoms with Gasteiger partial charge in [-0.2, -0.15) is 5.48 Å². The molecule has 1 aliphatic heterocycles. The van der Waals surface area contributed by atoms with E-state index in [0.29, 0.717) is 18.6 Å². The third-order valence-electron chi connectivity index (χ3n) is 3.39. The van der Waals surface area contributed by atoms with Crippen LogP contribution in [-0.4, -0.2) is 18.1 Å². The van der Waals surface area contributed by atoms with E-state index in [-0.39, 0.29) is 24.4 Å². The molecule has 0 aliphatic carbocycles. The lowest BCUT2D eigenvalue weighted by molar-refractivity contribution is -0.127. The Bertz CT molecular complexity index is 539. The third kappa shape index (κ3) is 2.44. The fourth-order valence-electron chi connectivity index (χ4n) is 2.27. The quantitative estimate of drug-likeness (QED) is 0.828. The van der Waals surface area contributed by atoms with Gasteiger partial charge in [0.2, 0.25) is 0 Å². The number of hydrogen-bond acceptors (Lipinski definition) is 4. The molecule has 1 aliphatic rings. The molecule has 0 aromatic heterocycles. The summed E-state index contributed by atoms with van der Waals surface area (Å²) >= 11 is 0. The van der Waals surface area contributed by atoms with Crippen LogP contribution in [0.15, 0.2) is 12.1 Å². The summed E-state index contributed by atoms with van der Waals surface area (Å²) in [4.78, 5) is 17.0. The highest BCUT2D eigenvalue weighted by Gasteiger charge is 2.48. The van der Waals surface area contributed by atoms with Gasteiger partial charge in [-0.05, 0) is 12.5 Å². The first-order valence-electron chi connectivity index (χ1n) is 6.25. The van der Waals surface area contributed by atoms with E-state index in [4.69, 9.17) is 10.6 Å². The maximum absolute atomic E-state index is 13.8. The van der Waals surface area contributed by atoms with E-state index >= 15 is 0 Å². The summed E-state index contributed by atoms with van der Waals surface area (Å²) in [5.74, 6) is -4.73. The molecule has 1 saturated heterocycles. The molecule has 1 fully saturated rings. The molecule has 0 saturated carbocycles. The van der Waals surface area contributed by atoms with Gasteiger partial charge in [0.05, 0.1) is 12.5 Å². The average molecular weight is 288 g/mol. The molecular weight excluding hydrogens is 273 g/mol. The number of Topliss-reactive ketones (excluding diaryl/α,β-unsaturated/α-hetero) is 1. The van der Waals surface area contributed by atoms with Gasteiger partial charge in [0.25, 0.3) is 0 Å². The van der Waals surface area contributed by atoms with Crippen LogP contribution in [0, 0.1) is 17.5 Å². The lowest BCUT2D eigenvalue weighted by atomic mass is 9.84. The van der Waals surface area contributed by atoms with E-state index < -0.39 is 29.0 Å². The molecule has 2 rings (SSSR count). The number of nitrogens with two attached hydrogens (primary N) is 1. The molecule has 0 spiro atoms. The third-order valence-corrected chi connectivity index (χ3v) is 3.39. The van der Waals surface area contributed by atoms with E-state index in [1.54, 1.807) is 6.92 Å². The number of ketones is 1. The van der Waals surface area contributed by atoms with Crippen molar-refractivity contribution in [3.05, 3.63) is 35.1 Å². The van der Waals surface area contributed by atoms with Crippen molar-refractivity contribution in [2.24, 2.45) is 5.73 Å². The summed E-state index contributed by atoms with van der Waals surface area (Å²) in [7, 11) is 0. The second-order valence-electron chi connectivity index (χ2n) is 4.80. The molecule has 7 heteroatoms. The van der Waals surface area contributed by atoms with Gasteiger partial charge < -0.3 is 5.73 Å². The lowest BCUT2D eigenvalue weighted by Gasteiger charge is -2.28. The summed E-state index contributed by atoms with van der Waals surface area (Å²) < 4.78 is 40.1. The zero-order valence-electron chi connectivity index (χ0n) is 10.9. The molecule has 4 nitrogen and oxygen atoms in total. The Hall–Kier alpha value is -1.44. The van der Waals surface area contributed by atoms with Crippen molar-refractivity contribution in [3.63, 3.8) is 0 Å². The standard InChI is InChI=1S/C13H15F3N2O2/c1-2-3-12(19)13(17)8(6-20-18-13)7-4-10(15)11(16)5-9(7)14/h4-5,8,18H,2-3,6,17H2,1H3/t8-,13?/m1/s1. The van der Waals surface area contributed by atoms with Crippen molar-refractivity contribution in [3.8, 4) is 0 Å². The molecule has 2 atom stereocenters. The van der Waals surface area contributed by atoms with Gasteiger partial charge in [0.1, 0.15) is 5.82 Å². The highest BCUT2D eigenvalue weighted by atomic mass is 19.2. The largest absolute Gasteiger partial charge is 0.305 e. The Balaban J connectivity index is 2.41. The van der Waals surface area contributed by atoms with Crippen molar-refractivity contribution >= 4 is 5.78 Å². The number of rotatable bonds is 4.